The number of rotatable bonds is 2. The maximum absolute atomic E-state index is 12.8. The van der Waals surface area contributed by atoms with Gasteiger partial charge in [0.05, 0.1) is 11.6 Å². The molecule has 2 heteroatoms. The molecule has 12 heavy (non-hydrogen) atoms. The van der Waals surface area contributed by atoms with Gasteiger partial charge in [-0.25, -0.2) is 4.39 Å². The molecule has 0 aromatic heterocycles. The highest BCUT2D eigenvalue weighted by Crippen LogP contribution is 2.09. The lowest BCUT2D eigenvalue weighted by Crippen LogP contribution is -1.87. The Morgan fingerprint density at radius 1 is 1.42 bits per heavy atom. The standard InChI is InChI=1S/C10H10FN/c1-2-3-8-4-9(7-12)6-10(11)5-8/h4-6H,2-3H2,1H3. The molecule has 1 rings (SSSR count). The summed E-state index contributed by atoms with van der Waals surface area (Å²) in [4.78, 5) is 0. The summed E-state index contributed by atoms with van der Waals surface area (Å²) in [5.74, 6) is -0.322. The highest BCUT2D eigenvalue weighted by molar-refractivity contribution is 5.33. The van der Waals surface area contributed by atoms with Crippen LogP contribution in [0, 0.1) is 17.1 Å². The molecule has 0 aliphatic carbocycles. The first-order valence-electron chi connectivity index (χ1n) is 3.96. The van der Waals surface area contributed by atoms with Gasteiger partial charge in [0.1, 0.15) is 5.82 Å². The number of nitrogens with zero attached hydrogens (tertiary/aromatic N) is 1. The van der Waals surface area contributed by atoms with Crippen LogP contribution in [0.2, 0.25) is 0 Å². The number of benzene rings is 1. The van der Waals surface area contributed by atoms with Crippen LogP contribution in [0.15, 0.2) is 18.2 Å². The van der Waals surface area contributed by atoms with Crippen molar-refractivity contribution in [2.45, 2.75) is 19.8 Å². The Kier molecular flexibility index (Phi) is 2.82. The summed E-state index contributed by atoms with van der Waals surface area (Å²) >= 11 is 0. The lowest BCUT2D eigenvalue weighted by molar-refractivity contribution is 0.624. The molecule has 1 aromatic carbocycles. The van der Waals surface area contributed by atoms with Crippen LogP contribution in [0.25, 0.3) is 0 Å². The van der Waals surface area contributed by atoms with Crippen LogP contribution in [-0.4, -0.2) is 0 Å². The third kappa shape index (κ3) is 2.06. The molecule has 0 atom stereocenters. The van der Waals surface area contributed by atoms with Crippen molar-refractivity contribution in [1.82, 2.24) is 0 Å². The van der Waals surface area contributed by atoms with Crippen LogP contribution >= 0.6 is 0 Å². The van der Waals surface area contributed by atoms with E-state index in [1.54, 1.807) is 6.07 Å². The lowest BCUT2D eigenvalue weighted by atomic mass is 10.1. The average molecular weight is 163 g/mol. The molecule has 0 radical (unpaired) electrons. The summed E-state index contributed by atoms with van der Waals surface area (Å²) < 4.78 is 12.8. The molecule has 0 aliphatic rings. The van der Waals surface area contributed by atoms with Gasteiger partial charge in [0.25, 0.3) is 0 Å². The van der Waals surface area contributed by atoms with Crippen molar-refractivity contribution in [3.05, 3.63) is 35.1 Å². The largest absolute Gasteiger partial charge is 0.207 e. The van der Waals surface area contributed by atoms with E-state index in [1.165, 1.54) is 12.1 Å². The van der Waals surface area contributed by atoms with E-state index >= 15 is 0 Å². The van der Waals surface area contributed by atoms with Crippen molar-refractivity contribution in [1.29, 1.82) is 5.26 Å². The summed E-state index contributed by atoms with van der Waals surface area (Å²) in [6, 6.07) is 6.38. The van der Waals surface area contributed by atoms with Crippen molar-refractivity contribution in [3.8, 4) is 6.07 Å². The van der Waals surface area contributed by atoms with Gasteiger partial charge in [-0.3, -0.25) is 0 Å². The van der Waals surface area contributed by atoms with Crippen LogP contribution in [0.3, 0.4) is 0 Å². The summed E-state index contributed by atoms with van der Waals surface area (Å²) in [6.07, 6.45) is 1.79. The molecule has 0 saturated heterocycles. The van der Waals surface area contributed by atoms with E-state index < -0.39 is 0 Å². The van der Waals surface area contributed by atoms with E-state index in [0.29, 0.717) is 5.56 Å². The second kappa shape index (κ2) is 3.87. The zero-order valence-electron chi connectivity index (χ0n) is 6.97. The molecule has 0 spiro atoms. The monoisotopic (exact) mass is 163 g/mol. The van der Waals surface area contributed by atoms with Gasteiger partial charge in [-0.05, 0) is 30.2 Å². The van der Waals surface area contributed by atoms with Gasteiger partial charge in [0.2, 0.25) is 0 Å². The molecule has 1 aromatic rings. The fourth-order valence-electron chi connectivity index (χ4n) is 1.15. The third-order valence-electron chi connectivity index (χ3n) is 1.63. The number of halogens is 1. The second-order valence-electron chi connectivity index (χ2n) is 2.71. The van der Waals surface area contributed by atoms with Gasteiger partial charge < -0.3 is 0 Å². The first-order valence-corrected chi connectivity index (χ1v) is 3.96. The maximum atomic E-state index is 12.8. The van der Waals surface area contributed by atoms with Crippen molar-refractivity contribution < 1.29 is 4.39 Å². The van der Waals surface area contributed by atoms with Crippen LogP contribution < -0.4 is 0 Å². The van der Waals surface area contributed by atoms with Gasteiger partial charge >= 0.3 is 0 Å². The van der Waals surface area contributed by atoms with Crippen LogP contribution in [0.5, 0.6) is 0 Å². The predicted molar refractivity (Wildman–Crippen MR) is 45.1 cm³/mol. The topological polar surface area (TPSA) is 23.8 Å². The first kappa shape index (κ1) is 8.73. The number of hydrogen-bond acceptors (Lipinski definition) is 1. The zero-order chi connectivity index (χ0) is 8.97. The summed E-state index contributed by atoms with van der Waals surface area (Å²) in [5, 5.41) is 8.54. The normalized spacial score (nSPS) is 9.42. The van der Waals surface area contributed by atoms with E-state index in [4.69, 9.17) is 5.26 Å². The van der Waals surface area contributed by atoms with Crippen molar-refractivity contribution in [3.63, 3.8) is 0 Å². The minimum Gasteiger partial charge on any atom is -0.207 e. The van der Waals surface area contributed by atoms with Crippen molar-refractivity contribution in [2.24, 2.45) is 0 Å². The maximum Gasteiger partial charge on any atom is 0.124 e. The van der Waals surface area contributed by atoms with Crippen molar-refractivity contribution in [2.75, 3.05) is 0 Å². The third-order valence-corrected chi connectivity index (χ3v) is 1.63. The van der Waals surface area contributed by atoms with Gasteiger partial charge in [-0.2, -0.15) is 5.26 Å². The Balaban J connectivity index is 3.00. The SMILES string of the molecule is CCCc1cc(F)cc(C#N)c1. The van der Waals surface area contributed by atoms with Crippen LogP contribution in [-0.2, 0) is 6.42 Å². The molecule has 0 N–H and O–H groups in total. The fourth-order valence-corrected chi connectivity index (χ4v) is 1.15. The Hall–Kier alpha value is -1.36. The van der Waals surface area contributed by atoms with E-state index in [-0.39, 0.29) is 5.82 Å². The Bertz CT molecular complexity index is 312. The fraction of sp³-hybridized carbons (Fsp3) is 0.300. The molecule has 0 saturated carbocycles. The molecule has 0 aliphatic heterocycles. The van der Waals surface area contributed by atoms with E-state index in [9.17, 15) is 4.39 Å². The molecular weight excluding hydrogens is 153 g/mol. The predicted octanol–water partition coefficient (Wildman–Crippen LogP) is 2.65. The highest BCUT2D eigenvalue weighted by Gasteiger charge is 1.98. The molecular formula is C10H10FN. The molecule has 62 valence electrons. The minimum atomic E-state index is -0.322. The highest BCUT2D eigenvalue weighted by atomic mass is 19.1. The Morgan fingerprint density at radius 2 is 2.17 bits per heavy atom. The summed E-state index contributed by atoms with van der Waals surface area (Å²) in [7, 11) is 0. The number of aryl methyl sites for hydroxylation is 1. The average Bonchev–Trinajstić information content (AvgIpc) is 2.04. The summed E-state index contributed by atoms with van der Waals surface area (Å²) in [5.41, 5.74) is 1.30. The van der Waals surface area contributed by atoms with E-state index in [1.807, 2.05) is 13.0 Å². The van der Waals surface area contributed by atoms with Gasteiger partial charge in [0.15, 0.2) is 0 Å². The van der Waals surface area contributed by atoms with Gasteiger partial charge in [0, 0.05) is 0 Å². The molecule has 0 heterocycles. The zero-order valence-corrected chi connectivity index (χ0v) is 6.97. The lowest BCUT2D eigenvalue weighted by Gasteiger charge is -1.98. The Morgan fingerprint density at radius 3 is 2.75 bits per heavy atom. The second-order valence-corrected chi connectivity index (χ2v) is 2.71. The van der Waals surface area contributed by atoms with Gasteiger partial charge in [-0.1, -0.05) is 13.3 Å². The minimum absolute atomic E-state index is 0.322. The molecule has 0 amide bonds. The quantitative estimate of drug-likeness (QED) is 0.657. The number of hydrogen-bond donors (Lipinski definition) is 0. The Labute approximate surface area is 71.4 Å². The molecule has 1 nitrogen and oxygen atoms in total. The van der Waals surface area contributed by atoms with Crippen LogP contribution in [0.1, 0.15) is 24.5 Å². The van der Waals surface area contributed by atoms with E-state index in [2.05, 4.69) is 0 Å². The number of nitriles is 1. The molecule has 0 fully saturated rings. The smallest absolute Gasteiger partial charge is 0.124 e. The summed E-state index contributed by atoms with van der Waals surface area (Å²) in [6.45, 7) is 2.02. The van der Waals surface area contributed by atoms with Gasteiger partial charge in [-0.15, -0.1) is 0 Å². The van der Waals surface area contributed by atoms with Crippen molar-refractivity contribution >= 4 is 0 Å². The molecule has 0 bridgehead atoms. The van der Waals surface area contributed by atoms with Crippen LogP contribution in [0.4, 0.5) is 4.39 Å². The molecule has 0 unspecified atom stereocenters. The van der Waals surface area contributed by atoms with E-state index in [0.717, 1.165) is 18.4 Å². The first-order chi connectivity index (χ1) is 5.76.